The first-order valence-corrected chi connectivity index (χ1v) is 7.21. The Morgan fingerprint density at radius 1 is 1.09 bits per heavy atom. The Balaban J connectivity index is 2.14. The topological polar surface area (TPSA) is 52.6 Å². The van der Waals surface area contributed by atoms with Crippen molar-refractivity contribution in [1.82, 2.24) is 0 Å². The number of carbonyl (C=O) groups is 2. The second-order valence-electron chi connectivity index (χ2n) is 5.11. The molecule has 0 fully saturated rings. The summed E-state index contributed by atoms with van der Waals surface area (Å²) in [6, 6.07) is 16.5. The lowest BCUT2D eigenvalue weighted by Crippen LogP contribution is -2.31. The SMILES string of the molecule is CCOC(=O)C[C@@]1(c2ccccc2)OC(=O)c2ccccc21. The summed E-state index contributed by atoms with van der Waals surface area (Å²) in [5.41, 5.74) is 0.859. The van der Waals surface area contributed by atoms with Gasteiger partial charge < -0.3 is 9.47 Å². The summed E-state index contributed by atoms with van der Waals surface area (Å²) in [6.07, 6.45) is -0.0341. The van der Waals surface area contributed by atoms with Gasteiger partial charge in [0.2, 0.25) is 0 Å². The third-order valence-corrected chi connectivity index (χ3v) is 3.79. The number of ether oxygens (including phenoxy) is 2. The second kappa shape index (κ2) is 5.64. The Morgan fingerprint density at radius 3 is 2.50 bits per heavy atom. The van der Waals surface area contributed by atoms with E-state index in [1.54, 1.807) is 19.1 Å². The molecular formula is C18H16O4. The van der Waals surface area contributed by atoms with Crippen molar-refractivity contribution < 1.29 is 19.1 Å². The van der Waals surface area contributed by atoms with Crippen molar-refractivity contribution in [3.8, 4) is 0 Å². The summed E-state index contributed by atoms with van der Waals surface area (Å²) < 4.78 is 10.8. The van der Waals surface area contributed by atoms with E-state index in [9.17, 15) is 9.59 Å². The zero-order valence-corrected chi connectivity index (χ0v) is 12.2. The summed E-state index contributed by atoms with van der Waals surface area (Å²) >= 11 is 0. The van der Waals surface area contributed by atoms with E-state index in [0.717, 1.165) is 5.56 Å². The third kappa shape index (κ3) is 2.26. The molecule has 2 aromatic rings. The number of rotatable bonds is 4. The average molecular weight is 296 g/mol. The first kappa shape index (κ1) is 14.3. The minimum Gasteiger partial charge on any atom is -0.466 e. The van der Waals surface area contributed by atoms with Gasteiger partial charge in [-0.1, -0.05) is 48.5 Å². The molecule has 2 aromatic carbocycles. The van der Waals surface area contributed by atoms with Crippen LogP contribution in [-0.4, -0.2) is 18.5 Å². The molecular weight excluding hydrogens is 280 g/mol. The molecule has 0 aliphatic carbocycles. The minimum atomic E-state index is -1.11. The molecule has 0 radical (unpaired) electrons. The van der Waals surface area contributed by atoms with E-state index in [-0.39, 0.29) is 6.42 Å². The van der Waals surface area contributed by atoms with E-state index in [0.29, 0.717) is 17.7 Å². The summed E-state index contributed by atoms with van der Waals surface area (Å²) in [7, 11) is 0. The van der Waals surface area contributed by atoms with Crippen LogP contribution >= 0.6 is 0 Å². The first-order chi connectivity index (χ1) is 10.7. The van der Waals surface area contributed by atoms with Crippen molar-refractivity contribution >= 4 is 11.9 Å². The molecule has 1 aliphatic heterocycles. The molecule has 0 unspecified atom stereocenters. The van der Waals surface area contributed by atoms with Crippen LogP contribution in [0.15, 0.2) is 54.6 Å². The zero-order valence-electron chi connectivity index (χ0n) is 12.2. The molecule has 0 bridgehead atoms. The number of fused-ring (bicyclic) bond motifs is 1. The number of esters is 2. The second-order valence-corrected chi connectivity index (χ2v) is 5.11. The van der Waals surface area contributed by atoms with Crippen molar-refractivity contribution in [3.63, 3.8) is 0 Å². The fourth-order valence-corrected chi connectivity index (χ4v) is 2.85. The highest BCUT2D eigenvalue weighted by Crippen LogP contribution is 2.44. The summed E-state index contributed by atoms with van der Waals surface area (Å²) in [4.78, 5) is 24.3. The van der Waals surface area contributed by atoms with E-state index in [2.05, 4.69) is 0 Å². The Bertz CT molecular complexity index is 708. The molecule has 4 heteroatoms. The molecule has 4 nitrogen and oxygen atoms in total. The van der Waals surface area contributed by atoms with Crippen LogP contribution in [-0.2, 0) is 19.9 Å². The molecule has 3 rings (SSSR count). The molecule has 0 saturated carbocycles. The van der Waals surface area contributed by atoms with Gasteiger partial charge in [0, 0.05) is 11.1 Å². The zero-order chi connectivity index (χ0) is 15.6. The van der Waals surface area contributed by atoms with Crippen LogP contribution in [0.3, 0.4) is 0 Å². The third-order valence-electron chi connectivity index (χ3n) is 3.79. The predicted octanol–water partition coefficient (Wildman–Crippen LogP) is 3.05. The van der Waals surface area contributed by atoms with Gasteiger partial charge in [0.25, 0.3) is 0 Å². The number of benzene rings is 2. The highest BCUT2D eigenvalue weighted by atomic mass is 16.6. The molecule has 1 atom stereocenters. The van der Waals surface area contributed by atoms with Crippen LogP contribution in [0.5, 0.6) is 0 Å². The maximum absolute atomic E-state index is 12.2. The standard InChI is InChI=1S/C18H16O4/c1-2-21-16(19)12-18(13-8-4-3-5-9-13)15-11-7-6-10-14(15)17(20)22-18/h3-11H,2,12H2,1H3/t18-/m0/s1. The van der Waals surface area contributed by atoms with Crippen LogP contribution in [0.25, 0.3) is 0 Å². The van der Waals surface area contributed by atoms with Gasteiger partial charge >= 0.3 is 11.9 Å². The molecule has 1 aliphatic rings. The van der Waals surface area contributed by atoms with Gasteiger partial charge in [-0.3, -0.25) is 4.79 Å². The monoisotopic (exact) mass is 296 g/mol. The Hall–Kier alpha value is -2.62. The fraction of sp³-hybridized carbons (Fsp3) is 0.222. The van der Waals surface area contributed by atoms with Gasteiger partial charge in [0.1, 0.15) is 0 Å². The molecule has 1 heterocycles. The maximum atomic E-state index is 12.2. The van der Waals surface area contributed by atoms with E-state index in [1.165, 1.54) is 0 Å². The van der Waals surface area contributed by atoms with E-state index in [4.69, 9.17) is 9.47 Å². The largest absolute Gasteiger partial charge is 0.466 e. The Morgan fingerprint density at radius 2 is 1.77 bits per heavy atom. The molecule has 0 N–H and O–H groups in total. The molecule has 0 saturated heterocycles. The summed E-state index contributed by atoms with van der Waals surface area (Å²) in [6.45, 7) is 2.04. The first-order valence-electron chi connectivity index (χ1n) is 7.21. The van der Waals surface area contributed by atoms with Crippen LogP contribution in [0, 0.1) is 0 Å². The van der Waals surface area contributed by atoms with Crippen molar-refractivity contribution in [3.05, 3.63) is 71.3 Å². The van der Waals surface area contributed by atoms with Crippen LogP contribution in [0.2, 0.25) is 0 Å². The maximum Gasteiger partial charge on any atom is 0.339 e. The van der Waals surface area contributed by atoms with Gasteiger partial charge in [-0.15, -0.1) is 0 Å². The summed E-state index contributed by atoms with van der Waals surface area (Å²) in [5.74, 6) is -0.806. The van der Waals surface area contributed by atoms with E-state index < -0.39 is 17.5 Å². The van der Waals surface area contributed by atoms with Crippen molar-refractivity contribution in [1.29, 1.82) is 0 Å². The smallest absolute Gasteiger partial charge is 0.339 e. The Kier molecular flexibility index (Phi) is 3.67. The van der Waals surface area contributed by atoms with Gasteiger partial charge in [0.15, 0.2) is 5.60 Å². The lowest BCUT2D eigenvalue weighted by atomic mass is 9.83. The molecule has 112 valence electrons. The quantitative estimate of drug-likeness (QED) is 0.814. The van der Waals surface area contributed by atoms with Crippen LogP contribution in [0.4, 0.5) is 0 Å². The molecule has 0 amide bonds. The Labute approximate surface area is 128 Å². The molecule has 0 spiro atoms. The van der Waals surface area contributed by atoms with Gasteiger partial charge in [-0.25, -0.2) is 4.79 Å². The van der Waals surface area contributed by atoms with Crippen molar-refractivity contribution in [2.24, 2.45) is 0 Å². The lowest BCUT2D eigenvalue weighted by Gasteiger charge is -2.28. The highest BCUT2D eigenvalue weighted by molar-refractivity contribution is 5.96. The minimum absolute atomic E-state index is 0.0341. The number of carbonyl (C=O) groups excluding carboxylic acids is 2. The van der Waals surface area contributed by atoms with Gasteiger partial charge in [0.05, 0.1) is 18.6 Å². The summed E-state index contributed by atoms with van der Waals surface area (Å²) in [5, 5.41) is 0. The molecule has 22 heavy (non-hydrogen) atoms. The normalized spacial score (nSPS) is 19.4. The predicted molar refractivity (Wildman–Crippen MR) is 80.3 cm³/mol. The van der Waals surface area contributed by atoms with Gasteiger partial charge in [-0.05, 0) is 13.0 Å². The van der Waals surface area contributed by atoms with Crippen LogP contribution in [0.1, 0.15) is 34.8 Å². The number of cyclic esters (lactones) is 1. The molecule has 0 aromatic heterocycles. The van der Waals surface area contributed by atoms with Gasteiger partial charge in [-0.2, -0.15) is 0 Å². The highest BCUT2D eigenvalue weighted by Gasteiger charge is 2.48. The lowest BCUT2D eigenvalue weighted by molar-refractivity contribution is -0.147. The number of hydrogen-bond donors (Lipinski definition) is 0. The van der Waals surface area contributed by atoms with E-state index in [1.807, 2.05) is 42.5 Å². The fourth-order valence-electron chi connectivity index (χ4n) is 2.85. The average Bonchev–Trinajstić information content (AvgIpc) is 2.82. The van der Waals surface area contributed by atoms with Crippen molar-refractivity contribution in [2.75, 3.05) is 6.61 Å². The van der Waals surface area contributed by atoms with Crippen LogP contribution < -0.4 is 0 Å². The number of hydrogen-bond acceptors (Lipinski definition) is 4. The van der Waals surface area contributed by atoms with E-state index >= 15 is 0 Å². The van der Waals surface area contributed by atoms with Crippen molar-refractivity contribution in [2.45, 2.75) is 18.9 Å².